The Balaban J connectivity index is 2.53. The Bertz CT molecular complexity index is 438. The molecule has 4 nitrogen and oxygen atoms in total. The zero-order valence-electron chi connectivity index (χ0n) is 9.54. The molecule has 0 aromatic heterocycles. The maximum Gasteiger partial charge on any atom is 0.258 e. The number of aliphatic hydroxyl groups excluding tert-OH is 1. The van der Waals surface area contributed by atoms with Crippen molar-refractivity contribution >= 4 is 40.7 Å². The second-order valence-electron chi connectivity index (χ2n) is 3.64. The molecule has 0 radical (unpaired) electrons. The quantitative estimate of drug-likeness (QED) is 0.821. The van der Waals surface area contributed by atoms with Crippen LogP contribution in [0, 0.1) is 0 Å². The summed E-state index contributed by atoms with van der Waals surface area (Å²) in [5.74, 6) is -0.0868. The Morgan fingerprint density at radius 2 is 1.94 bits per heavy atom. The first-order valence-corrected chi connectivity index (χ1v) is 6.25. The van der Waals surface area contributed by atoms with E-state index in [0.717, 1.165) is 0 Å². The fraction of sp³-hybridized carbons (Fsp3) is 0.364. The van der Waals surface area contributed by atoms with E-state index in [1.807, 2.05) is 0 Å². The van der Waals surface area contributed by atoms with Crippen molar-refractivity contribution in [2.24, 2.45) is 0 Å². The molecule has 0 heterocycles. The van der Waals surface area contributed by atoms with E-state index in [4.69, 9.17) is 44.6 Å². The topological polar surface area (TPSA) is 58.6 Å². The first kappa shape index (κ1) is 15.4. The molecule has 0 saturated heterocycles. The molecule has 0 aliphatic heterocycles. The first-order valence-electron chi connectivity index (χ1n) is 5.12. The van der Waals surface area contributed by atoms with Crippen molar-refractivity contribution in [3.63, 3.8) is 0 Å². The summed E-state index contributed by atoms with van der Waals surface area (Å²) in [6.07, 6.45) is -0.609. The van der Waals surface area contributed by atoms with E-state index < -0.39 is 6.10 Å². The summed E-state index contributed by atoms with van der Waals surface area (Å²) in [5.41, 5.74) is 0. The number of nitrogens with one attached hydrogen (secondary N) is 1. The van der Waals surface area contributed by atoms with Gasteiger partial charge in [-0.15, -0.1) is 0 Å². The molecule has 1 amide bonds. The average Bonchev–Trinajstić information content (AvgIpc) is 2.29. The number of hydrogen-bond donors (Lipinski definition) is 2. The summed E-state index contributed by atoms with van der Waals surface area (Å²) in [6.45, 7) is 1.51. The summed E-state index contributed by atoms with van der Waals surface area (Å²) in [6, 6.07) is 2.88. The van der Waals surface area contributed by atoms with Gasteiger partial charge in [-0.3, -0.25) is 4.79 Å². The zero-order chi connectivity index (χ0) is 13.7. The predicted octanol–water partition coefficient (Wildman–Crippen LogP) is 2.52. The zero-order valence-corrected chi connectivity index (χ0v) is 11.8. The summed E-state index contributed by atoms with van der Waals surface area (Å²) < 4.78 is 5.20. The van der Waals surface area contributed by atoms with Gasteiger partial charge in [-0.2, -0.15) is 0 Å². The van der Waals surface area contributed by atoms with Crippen LogP contribution >= 0.6 is 34.8 Å². The molecule has 18 heavy (non-hydrogen) atoms. The number of amides is 1. The molecule has 1 aromatic carbocycles. The van der Waals surface area contributed by atoms with Gasteiger partial charge in [0.2, 0.25) is 0 Å². The van der Waals surface area contributed by atoms with Gasteiger partial charge in [-0.1, -0.05) is 34.8 Å². The highest BCUT2D eigenvalue weighted by atomic mass is 35.5. The number of carbonyl (C=O) groups is 1. The Morgan fingerprint density at radius 3 is 2.56 bits per heavy atom. The van der Waals surface area contributed by atoms with Crippen LogP contribution in [0.15, 0.2) is 12.1 Å². The molecule has 7 heteroatoms. The number of ether oxygens (including phenoxy) is 1. The number of aliphatic hydroxyl groups is 1. The number of halogens is 3. The third-order valence-corrected chi connectivity index (χ3v) is 2.95. The summed E-state index contributed by atoms with van der Waals surface area (Å²) in [5, 5.41) is 12.3. The van der Waals surface area contributed by atoms with Gasteiger partial charge in [0.15, 0.2) is 6.61 Å². The van der Waals surface area contributed by atoms with E-state index in [9.17, 15) is 4.79 Å². The molecule has 100 valence electrons. The second-order valence-corrected chi connectivity index (χ2v) is 4.86. The summed E-state index contributed by atoms with van der Waals surface area (Å²) in [7, 11) is 0. The van der Waals surface area contributed by atoms with Gasteiger partial charge in [0, 0.05) is 12.6 Å². The minimum Gasteiger partial charge on any atom is -0.482 e. The van der Waals surface area contributed by atoms with Gasteiger partial charge in [0.1, 0.15) is 5.75 Å². The van der Waals surface area contributed by atoms with Crippen LogP contribution in [0.1, 0.15) is 6.92 Å². The molecular formula is C11H12Cl3NO3. The first-order chi connectivity index (χ1) is 8.40. The maximum absolute atomic E-state index is 11.3. The van der Waals surface area contributed by atoms with Crippen molar-refractivity contribution in [1.29, 1.82) is 0 Å². The van der Waals surface area contributed by atoms with E-state index >= 15 is 0 Å². The van der Waals surface area contributed by atoms with Crippen LogP contribution in [-0.2, 0) is 4.79 Å². The Morgan fingerprint density at radius 1 is 1.33 bits per heavy atom. The molecule has 1 rings (SSSR count). The molecule has 0 fully saturated rings. The smallest absolute Gasteiger partial charge is 0.258 e. The van der Waals surface area contributed by atoms with E-state index in [1.165, 1.54) is 12.1 Å². The highest BCUT2D eigenvalue weighted by molar-refractivity contribution is 6.43. The van der Waals surface area contributed by atoms with Crippen LogP contribution in [0.4, 0.5) is 0 Å². The Kier molecular flexibility index (Phi) is 6.02. The molecule has 1 aromatic rings. The fourth-order valence-electron chi connectivity index (χ4n) is 1.07. The van der Waals surface area contributed by atoms with Crippen LogP contribution in [-0.4, -0.2) is 30.3 Å². The number of rotatable bonds is 5. The standard InChI is InChI=1S/C11H12Cl3NO3/c1-6(16)4-15-11(17)5-18-10-3-8(13)7(12)2-9(10)14/h2-3,6,16H,4-5H2,1H3,(H,15,17). The van der Waals surface area contributed by atoms with Crippen molar-refractivity contribution in [3.05, 3.63) is 27.2 Å². The third kappa shape index (κ3) is 4.90. The van der Waals surface area contributed by atoms with Crippen molar-refractivity contribution in [2.75, 3.05) is 13.2 Å². The van der Waals surface area contributed by atoms with Gasteiger partial charge in [-0.25, -0.2) is 0 Å². The van der Waals surface area contributed by atoms with Crippen molar-refractivity contribution < 1.29 is 14.6 Å². The molecule has 0 saturated carbocycles. The van der Waals surface area contributed by atoms with Crippen molar-refractivity contribution in [1.82, 2.24) is 5.32 Å². The molecule has 0 bridgehead atoms. The summed E-state index contributed by atoms with van der Waals surface area (Å²) in [4.78, 5) is 11.3. The van der Waals surface area contributed by atoms with E-state index in [1.54, 1.807) is 6.92 Å². The lowest BCUT2D eigenvalue weighted by Gasteiger charge is -2.10. The van der Waals surface area contributed by atoms with Gasteiger partial charge in [0.25, 0.3) is 5.91 Å². The highest BCUT2D eigenvalue weighted by Gasteiger charge is 2.09. The van der Waals surface area contributed by atoms with Crippen molar-refractivity contribution in [3.8, 4) is 5.75 Å². The predicted molar refractivity (Wildman–Crippen MR) is 71.7 cm³/mol. The van der Waals surface area contributed by atoms with E-state index in [-0.39, 0.29) is 29.8 Å². The Hall–Kier alpha value is -0.680. The second kappa shape index (κ2) is 7.04. The minimum atomic E-state index is -0.609. The number of hydrogen-bond acceptors (Lipinski definition) is 3. The minimum absolute atomic E-state index is 0.164. The molecule has 0 aliphatic rings. The molecule has 2 N–H and O–H groups in total. The number of benzene rings is 1. The van der Waals surface area contributed by atoms with E-state index in [2.05, 4.69) is 5.32 Å². The average molecular weight is 313 g/mol. The van der Waals surface area contributed by atoms with Crippen LogP contribution in [0.3, 0.4) is 0 Å². The third-order valence-electron chi connectivity index (χ3n) is 1.93. The van der Waals surface area contributed by atoms with Gasteiger partial charge < -0.3 is 15.2 Å². The van der Waals surface area contributed by atoms with Gasteiger partial charge in [-0.05, 0) is 13.0 Å². The lowest BCUT2D eigenvalue weighted by Crippen LogP contribution is -2.34. The SMILES string of the molecule is CC(O)CNC(=O)COc1cc(Cl)c(Cl)cc1Cl. The van der Waals surface area contributed by atoms with Crippen LogP contribution in [0.25, 0.3) is 0 Å². The monoisotopic (exact) mass is 311 g/mol. The van der Waals surface area contributed by atoms with Crippen LogP contribution in [0.2, 0.25) is 15.1 Å². The molecular weight excluding hydrogens is 300 g/mol. The lowest BCUT2D eigenvalue weighted by atomic mass is 10.3. The largest absolute Gasteiger partial charge is 0.482 e. The fourth-order valence-corrected chi connectivity index (χ4v) is 1.66. The normalized spacial score (nSPS) is 12.1. The van der Waals surface area contributed by atoms with Crippen LogP contribution in [0.5, 0.6) is 5.75 Å². The van der Waals surface area contributed by atoms with Gasteiger partial charge in [0.05, 0.1) is 21.2 Å². The molecule has 1 atom stereocenters. The Labute approximate surface area is 120 Å². The number of carbonyl (C=O) groups excluding carboxylic acids is 1. The van der Waals surface area contributed by atoms with E-state index in [0.29, 0.717) is 10.0 Å². The molecule has 0 spiro atoms. The maximum atomic E-state index is 11.3. The van der Waals surface area contributed by atoms with Crippen molar-refractivity contribution in [2.45, 2.75) is 13.0 Å². The highest BCUT2D eigenvalue weighted by Crippen LogP contribution is 2.33. The summed E-state index contributed by atoms with van der Waals surface area (Å²) >= 11 is 17.4. The van der Waals surface area contributed by atoms with Gasteiger partial charge >= 0.3 is 0 Å². The van der Waals surface area contributed by atoms with Crippen LogP contribution < -0.4 is 10.1 Å². The molecule has 0 aliphatic carbocycles. The lowest BCUT2D eigenvalue weighted by molar-refractivity contribution is -0.123. The molecule has 1 unspecified atom stereocenters.